The van der Waals surface area contributed by atoms with Crippen LogP contribution in [0.4, 0.5) is 11.8 Å². The molecule has 2 atom stereocenters. The molecule has 0 radical (unpaired) electrons. The molecular formula is C25H37N7O3. The van der Waals surface area contributed by atoms with E-state index in [-0.39, 0.29) is 47.8 Å². The van der Waals surface area contributed by atoms with Crippen LogP contribution in [0.15, 0.2) is 12.1 Å². The number of anilines is 2. The Morgan fingerprint density at radius 3 is 2.51 bits per heavy atom. The normalized spacial score (nSPS) is 18.4. The van der Waals surface area contributed by atoms with Gasteiger partial charge in [-0.2, -0.15) is 10.1 Å². The molecule has 0 bridgehead atoms. The third kappa shape index (κ3) is 4.80. The van der Waals surface area contributed by atoms with Crippen LogP contribution in [-0.2, 0) is 6.54 Å². The first kappa shape index (κ1) is 24.8. The van der Waals surface area contributed by atoms with Gasteiger partial charge in [-0.15, -0.1) is 5.10 Å². The molecule has 0 amide bonds. The predicted molar refractivity (Wildman–Crippen MR) is 136 cm³/mol. The van der Waals surface area contributed by atoms with Crippen LogP contribution in [0.3, 0.4) is 0 Å². The molecule has 1 aliphatic carbocycles. The number of benzene rings is 1. The van der Waals surface area contributed by atoms with Gasteiger partial charge in [-0.25, -0.2) is 0 Å². The lowest BCUT2D eigenvalue weighted by Gasteiger charge is -2.32. The zero-order valence-corrected chi connectivity index (χ0v) is 21.2. The number of aromatic nitrogens is 4. The summed E-state index contributed by atoms with van der Waals surface area (Å²) < 4.78 is 7.24. The second-order valence-electron chi connectivity index (χ2n) is 9.86. The van der Waals surface area contributed by atoms with Crippen molar-refractivity contribution in [2.24, 2.45) is 5.73 Å². The van der Waals surface area contributed by atoms with Gasteiger partial charge in [0.1, 0.15) is 0 Å². The Balaban J connectivity index is 1.76. The van der Waals surface area contributed by atoms with Crippen molar-refractivity contribution in [2.75, 3.05) is 17.7 Å². The number of methoxy groups -OCH3 is 1. The van der Waals surface area contributed by atoms with Gasteiger partial charge in [-0.1, -0.05) is 26.7 Å². The summed E-state index contributed by atoms with van der Waals surface area (Å²) in [5.74, 6) is 1.13. The van der Waals surface area contributed by atoms with E-state index >= 15 is 0 Å². The van der Waals surface area contributed by atoms with Crippen molar-refractivity contribution in [1.29, 1.82) is 0 Å². The first-order valence-electron chi connectivity index (χ1n) is 12.3. The molecular weight excluding hydrogens is 446 g/mol. The Morgan fingerprint density at radius 2 is 1.86 bits per heavy atom. The molecule has 2 unspecified atom stereocenters. The van der Waals surface area contributed by atoms with Crippen molar-refractivity contribution < 1.29 is 14.9 Å². The summed E-state index contributed by atoms with van der Waals surface area (Å²) in [5, 5.41) is 36.6. The fourth-order valence-electron chi connectivity index (χ4n) is 4.75. The van der Waals surface area contributed by atoms with E-state index in [2.05, 4.69) is 53.1 Å². The first-order chi connectivity index (χ1) is 16.7. The lowest BCUT2D eigenvalue weighted by Crippen LogP contribution is -2.43. The summed E-state index contributed by atoms with van der Waals surface area (Å²) >= 11 is 0. The van der Waals surface area contributed by atoms with Crippen LogP contribution in [0.1, 0.15) is 76.6 Å². The first-order valence-corrected chi connectivity index (χ1v) is 12.3. The highest BCUT2D eigenvalue weighted by molar-refractivity contribution is 5.75. The number of rotatable bonds is 8. The number of fused-ring (bicyclic) bond motifs is 1. The molecule has 6 N–H and O–H groups in total. The molecule has 1 aromatic rings. The Morgan fingerprint density at radius 1 is 1.11 bits per heavy atom. The minimum Gasteiger partial charge on any atom is -0.504 e. The van der Waals surface area contributed by atoms with Gasteiger partial charge in [0.25, 0.3) is 0 Å². The summed E-state index contributed by atoms with van der Waals surface area (Å²) in [5.41, 5.74) is 9.45. The van der Waals surface area contributed by atoms with Crippen LogP contribution in [0.5, 0.6) is 17.2 Å². The minimum atomic E-state index is -0.292. The van der Waals surface area contributed by atoms with Crippen LogP contribution < -0.4 is 21.1 Å². The third-order valence-electron chi connectivity index (χ3n) is 6.70. The Bertz CT molecular complexity index is 1140. The van der Waals surface area contributed by atoms with E-state index in [4.69, 9.17) is 15.5 Å². The molecule has 0 saturated heterocycles. The Labute approximate surface area is 206 Å². The number of hydrogen-bond donors (Lipinski definition) is 5. The predicted octanol–water partition coefficient (Wildman–Crippen LogP) is 4.20. The molecule has 35 heavy (non-hydrogen) atoms. The average molecular weight is 484 g/mol. The van der Waals surface area contributed by atoms with Crippen molar-refractivity contribution in [3.05, 3.63) is 23.4 Å². The van der Waals surface area contributed by atoms with Gasteiger partial charge in [0.05, 0.1) is 18.5 Å². The van der Waals surface area contributed by atoms with E-state index in [1.807, 2.05) is 0 Å². The number of aromatic hydroxyl groups is 2. The van der Waals surface area contributed by atoms with Crippen molar-refractivity contribution in [2.45, 2.75) is 84.0 Å². The maximum atomic E-state index is 10.4. The lowest BCUT2D eigenvalue weighted by molar-refractivity contribution is 0.349. The Kier molecular flexibility index (Phi) is 7.20. The number of nitrogens with zero attached hydrogens (tertiary/aromatic N) is 4. The number of phenols is 2. The molecule has 4 rings (SSSR count). The molecule has 0 spiro atoms. The van der Waals surface area contributed by atoms with Gasteiger partial charge in [0, 0.05) is 30.2 Å². The van der Waals surface area contributed by atoms with E-state index in [0.29, 0.717) is 17.1 Å². The second kappa shape index (κ2) is 10.2. The minimum absolute atomic E-state index is 0.0676. The van der Waals surface area contributed by atoms with E-state index < -0.39 is 0 Å². The fourth-order valence-corrected chi connectivity index (χ4v) is 4.75. The van der Waals surface area contributed by atoms with Crippen LogP contribution >= 0.6 is 0 Å². The smallest absolute Gasteiger partial charge is 0.205 e. The van der Waals surface area contributed by atoms with Gasteiger partial charge in [-0.05, 0) is 44.7 Å². The van der Waals surface area contributed by atoms with Crippen molar-refractivity contribution >= 4 is 11.8 Å². The molecule has 10 heteroatoms. The summed E-state index contributed by atoms with van der Waals surface area (Å²) in [7, 11) is 1.44. The summed E-state index contributed by atoms with van der Waals surface area (Å²) in [6.45, 7) is 8.67. The molecule has 1 aromatic carbocycles. The van der Waals surface area contributed by atoms with Gasteiger partial charge in [0.15, 0.2) is 23.0 Å². The van der Waals surface area contributed by atoms with E-state index in [1.54, 1.807) is 12.1 Å². The number of ether oxygens (including phenoxy) is 1. The molecule has 10 nitrogen and oxygen atoms in total. The van der Waals surface area contributed by atoms with Crippen molar-refractivity contribution in [1.82, 2.24) is 19.7 Å². The molecule has 3 aliphatic rings. The van der Waals surface area contributed by atoms with Crippen molar-refractivity contribution in [3.63, 3.8) is 0 Å². The number of nitrogens with one attached hydrogen (secondary N) is 2. The van der Waals surface area contributed by atoms with Crippen LogP contribution in [0.2, 0.25) is 0 Å². The van der Waals surface area contributed by atoms with Gasteiger partial charge >= 0.3 is 0 Å². The van der Waals surface area contributed by atoms with E-state index in [0.717, 1.165) is 43.0 Å². The van der Waals surface area contributed by atoms with Crippen LogP contribution in [0, 0.1) is 0 Å². The lowest BCUT2D eigenvalue weighted by atomic mass is 9.91. The van der Waals surface area contributed by atoms with Gasteiger partial charge < -0.3 is 35.9 Å². The molecule has 1 fully saturated rings. The van der Waals surface area contributed by atoms with E-state index in [9.17, 15) is 10.2 Å². The number of nitrogens with two attached hydrogens (primary N) is 1. The fraction of sp³-hybridized carbons (Fsp3) is 0.560. The summed E-state index contributed by atoms with van der Waals surface area (Å²) in [6.07, 6.45) is 4.27. The Hall–Kier alpha value is -3.27. The number of hydrogen-bond acceptors (Lipinski definition) is 9. The average Bonchev–Trinajstić information content (AvgIpc) is 3.26. The highest BCUT2D eigenvalue weighted by Crippen LogP contribution is 2.40. The molecule has 0 aromatic heterocycles. The largest absolute Gasteiger partial charge is 0.504 e. The summed E-state index contributed by atoms with van der Waals surface area (Å²) in [6, 6.07) is 3.63. The molecule has 190 valence electrons. The molecule has 2 heterocycles. The quantitative estimate of drug-likeness (QED) is 0.298. The highest BCUT2D eigenvalue weighted by Gasteiger charge is 2.30. The standard InChI is InChI=1S/C25H37N7O3/c1-13(2)19-21-20(31-30-19)24(27-12-15-10-11-18(35-5)23(34)22(15)33)29-25(32(21)14(3)4)28-17-9-7-6-8-16(17)26/h10-11,13-14,16-17,27,33-34H,6-9,12,26H2,1-5H3,(H,28,29). The van der Waals surface area contributed by atoms with Crippen molar-refractivity contribution in [3.8, 4) is 28.6 Å². The number of phenolic OH excluding ortho intramolecular Hbond substituents is 2. The zero-order chi connectivity index (χ0) is 25.3. The highest BCUT2D eigenvalue weighted by atomic mass is 16.5. The SMILES string of the molecule is COc1ccc(CNc2nc(NC3CCCCC3N)n(C(C)C)c3c(C(C)C)nnc2-3)c(O)c1O. The van der Waals surface area contributed by atoms with E-state index in [1.165, 1.54) is 7.11 Å². The van der Waals surface area contributed by atoms with Gasteiger partial charge in [0.2, 0.25) is 11.7 Å². The van der Waals surface area contributed by atoms with Crippen LogP contribution in [-0.4, -0.2) is 49.2 Å². The maximum absolute atomic E-state index is 10.4. The maximum Gasteiger partial charge on any atom is 0.205 e. The zero-order valence-electron chi connectivity index (χ0n) is 21.2. The monoisotopic (exact) mass is 483 g/mol. The summed E-state index contributed by atoms with van der Waals surface area (Å²) in [4.78, 5) is 4.94. The topological polar surface area (TPSA) is 143 Å². The van der Waals surface area contributed by atoms with Crippen LogP contribution in [0.25, 0.3) is 11.4 Å². The second-order valence-corrected chi connectivity index (χ2v) is 9.86. The third-order valence-corrected chi connectivity index (χ3v) is 6.70. The molecule has 1 saturated carbocycles. The molecule has 2 aliphatic heterocycles. The van der Waals surface area contributed by atoms with Gasteiger partial charge in [-0.3, -0.25) is 0 Å².